The normalized spacial score (nSPS) is 12.8. The summed E-state index contributed by atoms with van der Waals surface area (Å²) >= 11 is 7.62. The van der Waals surface area contributed by atoms with Crippen molar-refractivity contribution in [3.8, 4) is 0 Å². The zero-order valence-electron chi connectivity index (χ0n) is 10.7. The summed E-state index contributed by atoms with van der Waals surface area (Å²) in [5.74, 6) is 2.00. The predicted octanol–water partition coefficient (Wildman–Crippen LogP) is 4.65. The summed E-state index contributed by atoms with van der Waals surface area (Å²) < 4.78 is 6.67. The Morgan fingerprint density at radius 2 is 2.11 bits per heavy atom. The van der Waals surface area contributed by atoms with Crippen LogP contribution in [0, 0.1) is 0 Å². The maximum Gasteiger partial charge on any atom is 0.126 e. The molecule has 0 aliphatic heterocycles. The van der Waals surface area contributed by atoms with E-state index in [0.717, 1.165) is 35.2 Å². The summed E-state index contributed by atoms with van der Waals surface area (Å²) in [6, 6.07) is 8.22. The quantitative estimate of drug-likeness (QED) is 0.835. The van der Waals surface area contributed by atoms with Gasteiger partial charge in [-0.05, 0) is 37.2 Å². The molecule has 0 fully saturated rings. The topological polar surface area (TPSA) is 25.2 Å². The van der Waals surface area contributed by atoms with Crippen molar-refractivity contribution in [1.29, 1.82) is 0 Å². The van der Waals surface area contributed by atoms with Gasteiger partial charge in [0.15, 0.2) is 0 Å². The number of nitrogens with one attached hydrogen (secondary N) is 1. The van der Waals surface area contributed by atoms with Crippen LogP contribution < -0.4 is 5.32 Å². The molecule has 1 N–H and O–H groups in total. The lowest BCUT2D eigenvalue weighted by Gasteiger charge is -2.14. The van der Waals surface area contributed by atoms with Crippen molar-refractivity contribution in [2.75, 3.05) is 6.54 Å². The fourth-order valence-electron chi connectivity index (χ4n) is 1.85. The summed E-state index contributed by atoms with van der Waals surface area (Å²) in [6.45, 7) is 5.21. The molecule has 4 heteroatoms. The Kier molecular flexibility index (Phi) is 4.87. The number of halogens is 1. The van der Waals surface area contributed by atoms with Gasteiger partial charge in [0.2, 0.25) is 0 Å². The Labute approximate surface area is 117 Å². The second kappa shape index (κ2) is 6.41. The smallest absolute Gasteiger partial charge is 0.126 e. The van der Waals surface area contributed by atoms with Gasteiger partial charge in [-0.25, -0.2) is 0 Å². The summed E-state index contributed by atoms with van der Waals surface area (Å²) in [5, 5.41) is 3.51. The summed E-state index contributed by atoms with van der Waals surface area (Å²) in [7, 11) is 0. The van der Waals surface area contributed by atoms with Crippen molar-refractivity contribution in [1.82, 2.24) is 5.32 Å². The molecule has 1 unspecified atom stereocenters. The third-order valence-electron chi connectivity index (χ3n) is 2.79. The van der Waals surface area contributed by atoms with Crippen LogP contribution in [0.5, 0.6) is 0 Å². The van der Waals surface area contributed by atoms with Crippen LogP contribution in [-0.4, -0.2) is 6.54 Å². The zero-order valence-corrected chi connectivity index (χ0v) is 12.3. The van der Waals surface area contributed by atoms with Crippen LogP contribution in [0.25, 0.3) is 0 Å². The van der Waals surface area contributed by atoms with Crippen molar-refractivity contribution in [2.45, 2.75) is 32.7 Å². The second-order valence-electron chi connectivity index (χ2n) is 4.19. The lowest BCUT2D eigenvalue weighted by Crippen LogP contribution is -2.21. The minimum absolute atomic E-state index is 0.114. The SMILES string of the molecule is CCCNC(c1ccc(CC)o1)c1ccc(Cl)s1. The predicted molar refractivity (Wildman–Crippen MR) is 77.6 cm³/mol. The molecule has 0 aliphatic carbocycles. The van der Waals surface area contributed by atoms with Gasteiger partial charge in [-0.2, -0.15) is 0 Å². The van der Waals surface area contributed by atoms with Gasteiger partial charge in [-0.15, -0.1) is 11.3 Å². The van der Waals surface area contributed by atoms with E-state index in [2.05, 4.69) is 31.3 Å². The van der Waals surface area contributed by atoms with Gasteiger partial charge in [0, 0.05) is 11.3 Å². The minimum atomic E-state index is 0.114. The van der Waals surface area contributed by atoms with E-state index in [-0.39, 0.29) is 6.04 Å². The Morgan fingerprint density at radius 3 is 2.67 bits per heavy atom. The lowest BCUT2D eigenvalue weighted by molar-refractivity contribution is 0.424. The molecule has 0 radical (unpaired) electrons. The van der Waals surface area contributed by atoms with E-state index in [1.165, 1.54) is 4.88 Å². The highest BCUT2D eigenvalue weighted by Gasteiger charge is 2.18. The Morgan fingerprint density at radius 1 is 1.28 bits per heavy atom. The summed E-state index contributed by atoms with van der Waals surface area (Å²) in [4.78, 5) is 1.20. The van der Waals surface area contributed by atoms with Gasteiger partial charge in [0.05, 0.1) is 4.34 Å². The molecule has 0 saturated heterocycles. The van der Waals surface area contributed by atoms with E-state index < -0.39 is 0 Å². The lowest BCUT2D eigenvalue weighted by atomic mass is 10.2. The molecule has 0 spiro atoms. The summed E-state index contributed by atoms with van der Waals surface area (Å²) in [6.07, 6.45) is 2.02. The maximum atomic E-state index is 6.02. The Bertz CT molecular complexity index is 491. The molecule has 0 amide bonds. The number of aryl methyl sites for hydroxylation is 1. The van der Waals surface area contributed by atoms with Crippen LogP contribution in [0.2, 0.25) is 4.34 Å². The monoisotopic (exact) mass is 283 g/mol. The average Bonchev–Trinajstić information content (AvgIpc) is 2.99. The highest BCUT2D eigenvalue weighted by atomic mass is 35.5. The van der Waals surface area contributed by atoms with Crippen molar-refractivity contribution < 1.29 is 4.42 Å². The molecule has 0 bridgehead atoms. The van der Waals surface area contributed by atoms with Crippen molar-refractivity contribution in [3.05, 3.63) is 45.0 Å². The molecule has 98 valence electrons. The first kappa shape index (κ1) is 13.7. The molecule has 2 rings (SSSR count). The molecule has 2 aromatic heterocycles. The highest BCUT2D eigenvalue weighted by molar-refractivity contribution is 7.16. The fraction of sp³-hybridized carbons (Fsp3) is 0.429. The first-order valence-corrected chi connectivity index (χ1v) is 7.51. The number of hydrogen-bond acceptors (Lipinski definition) is 3. The van der Waals surface area contributed by atoms with E-state index in [1.54, 1.807) is 11.3 Å². The van der Waals surface area contributed by atoms with Crippen LogP contribution in [-0.2, 0) is 6.42 Å². The molecule has 1 atom stereocenters. The average molecular weight is 284 g/mol. The van der Waals surface area contributed by atoms with Gasteiger partial charge < -0.3 is 9.73 Å². The third kappa shape index (κ3) is 3.16. The number of rotatable bonds is 6. The van der Waals surface area contributed by atoms with E-state index in [0.29, 0.717) is 0 Å². The van der Waals surface area contributed by atoms with Gasteiger partial charge in [0.25, 0.3) is 0 Å². The molecule has 2 nitrogen and oxygen atoms in total. The van der Waals surface area contributed by atoms with Crippen molar-refractivity contribution in [3.63, 3.8) is 0 Å². The molecular formula is C14H18ClNOS. The first-order valence-electron chi connectivity index (χ1n) is 6.31. The molecule has 18 heavy (non-hydrogen) atoms. The zero-order chi connectivity index (χ0) is 13.0. The summed E-state index contributed by atoms with van der Waals surface area (Å²) in [5.41, 5.74) is 0. The van der Waals surface area contributed by atoms with Crippen LogP contribution in [0.3, 0.4) is 0 Å². The van der Waals surface area contributed by atoms with Gasteiger partial charge in [-0.3, -0.25) is 0 Å². The van der Waals surface area contributed by atoms with Crippen molar-refractivity contribution >= 4 is 22.9 Å². The largest absolute Gasteiger partial charge is 0.464 e. The van der Waals surface area contributed by atoms with Crippen LogP contribution >= 0.6 is 22.9 Å². The van der Waals surface area contributed by atoms with Gasteiger partial charge in [0.1, 0.15) is 17.6 Å². The van der Waals surface area contributed by atoms with E-state index in [4.69, 9.17) is 16.0 Å². The van der Waals surface area contributed by atoms with E-state index in [1.807, 2.05) is 12.1 Å². The van der Waals surface area contributed by atoms with Crippen molar-refractivity contribution in [2.24, 2.45) is 0 Å². The minimum Gasteiger partial charge on any atom is -0.464 e. The molecule has 2 aromatic rings. The number of furan rings is 1. The maximum absolute atomic E-state index is 6.02. The molecule has 0 aliphatic rings. The molecule has 0 aromatic carbocycles. The Hall–Kier alpha value is -0.770. The standard InChI is InChI=1S/C14H18ClNOS/c1-3-9-16-14(12-7-8-13(15)18-12)11-6-5-10(4-2)17-11/h5-8,14,16H,3-4,9H2,1-2H3. The van der Waals surface area contributed by atoms with E-state index >= 15 is 0 Å². The molecule has 2 heterocycles. The van der Waals surface area contributed by atoms with E-state index in [9.17, 15) is 0 Å². The Balaban J connectivity index is 2.24. The second-order valence-corrected chi connectivity index (χ2v) is 5.93. The number of hydrogen-bond donors (Lipinski definition) is 1. The highest BCUT2D eigenvalue weighted by Crippen LogP contribution is 2.32. The van der Waals surface area contributed by atoms with Crippen LogP contribution in [0.4, 0.5) is 0 Å². The van der Waals surface area contributed by atoms with Gasteiger partial charge >= 0.3 is 0 Å². The molecular weight excluding hydrogens is 266 g/mol. The number of thiophene rings is 1. The molecule has 0 saturated carbocycles. The first-order chi connectivity index (χ1) is 8.74. The van der Waals surface area contributed by atoms with Gasteiger partial charge in [-0.1, -0.05) is 25.4 Å². The fourth-order valence-corrected chi connectivity index (χ4v) is 3.00. The van der Waals surface area contributed by atoms with Crippen LogP contribution in [0.1, 0.15) is 42.7 Å². The van der Waals surface area contributed by atoms with Crippen LogP contribution in [0.15, 0.2) is 28.7 Å². The third-order valence-corrected chi connectivity index (χ3v) is 4.09.